The van der Waals surface area contributed by atoms with E-state index in [0.29, 0.717) is 26.4 Å². The average Bonchev–Trinajstić information content (AvgIpc) is 2.37. The zero-order chi connectivity index (χ0) is 14.6. The van der Waals surface area contributed by atoms with Crippen molar-refractivity contribution < 1.29 is 23.0 Å². The van der Waals surface area contributed by atoms with E-state index in [1.54, 1.807) is 14.2 Å². The highest BCUT2D eigenvalue weighted by Gasteiger charge is 2.23. The van der Waals surface area contributed by atoms with Crippen molar-refractivity contribution in [1.29, 1.82) is 0 Å². The Kier molecular flexibility index (Phi) is 12.5. The Hall–Kier alpha value is 0.450. The van der Waals surface area contributed by atoms with Gasteiger partial charge in [-0.05, 0) is 25.2 Å². The molecule has 1 atom stereocenters. The van der Waals surface area contributed by atoms with Crippen molar-refractivity contribution in [3.8, 4) is 0 Å². The lowest BCUT2D eigenvalue weighted by atomic mass is 10.2. The molecule has 116 valence electrons. The molecule has 0 aliphatic rings. The molecular weight excluding hydrogens is 287 g/mol. The smallest absolute Gasteiger partial charge is 0.327 e. The van der Waals surface area contributed by atoms with Gasteiger partial charge in [0.25, 0.3) is 0 Å². The number of hydrogen-bond acceptors (Lipinski definition) is 6. The van der Waals surface area contributed by atoms with Crippen molar-refractivity contribution in [2.75, 3.05) is 40.6 Å². The Balaban J connectivity index is 4.25. The first-order valence-electron chi connectivity index (χ1n) is 6.63. The number of ether oxygens (including phenoxy) is 2. The number of methoxy groups -OCH3 is 2. The SMILES string of the molecule is CCCCC(C)OP(=S)(OCCOC)OCCOC. The molecule has 0 bridgehead atoms. The molecule has 0 rings (SSSR count). The first-order valence-corrected chi connectivity index (χ1v) is 9.19. The van der Waals surface area contributed by atoms with E-state index in [9.17, 15) is 0 Å². The molecule has 0 fully saturated rings. The van der Waals surface area contributed by atoms with Gasteiger partial charge in [-0.1, -0.05) is 19.8 Å². The summed E-state index contributed by atoms with van der Waals surface area (Å²) >= 11 is 5.39. The summed E-state index contributed by atoms with van der Waals surface area (Å²) in [7, 11) is 3.23. The first kappa shape index (κ1) is 19.4. The van der Waals surface area contributed by atoms with Crippen LogP contribution < -0.4 is 0 Å². The molecule has 0 amide bonds. The number of rotatable bonds is 13. The lowest BCUT2D eigenvalue weighted by Gasteiger charge is -2.25. The van der Waals surface area contributed by atoms with Gasteiger partial charge in [-0.15, -0.1) is 0 Å². The van der Waals surface area contributed by atoms with E-state index >= 15 is 0 Å². The van der Waals surface area contributed by atoms with Crippen LogP contribution in [0.1, 0.15) is 33.1 Å². The monoisotopic (exact) mass is 314 g/mol. The zero-order valence-corrected chi connectivity index (χ0v) is 14.1. The van der Waals surface area contributed by atoms with Gasteiger partial charge in [-0.2, -0.15) is 0 Å². The molecule has 0 N–H and O–H groups in total. The van der Waals surface area contributed by atoms with Gasteiger partial charge in [0, 0.05) is 14.2 Å². The van der Waals surface area contributed by atoms with Crippen LogP contribution >= 0.6 is 6.72 Å². The molecule has 0 spiro atoms. The molecule has 0 saturated heterocycles. The number of hydrogen-bond donors (Lipinski definition) is 0. The summed E-state index contributed by atoms with van der Waals surface area (Å²) < 4.78 is 26.8. The highest BCUT2D eigenvalue weighted by Crippen LogP contribution is 2.51. The second-order valence-corrected chi connectivity index (χ2v) is 7.12. The summed E-state index contributed by atoms with van der Waals surface area (Å²) in [6.45, 7) is 3.13. The zero-order valence-electron chi connectivity index (χ0n) is 12.4. The Morgan fingerprint density at radius 2 is 1.53 bits per heavy atom. The maximum absolute atomic E-state index is 5.80. The minimum atomic E-state index is -2.70. The molecule has 0 heterocycles. The maximum Gasteiger partial charge on any atom is 0.327 e. The highest BCUT2D eigenvalue weighted by atomic mass is 32.5. The molecular formula is C12H27O5PS. The Morgan fingerprint density at radius 1 is 1.00 bits per heavy atom. The van der Waals surface area contributed by atoms with Gasteiger partial charge in [-0.25, -0.2) is 0 Å². The summed E-state index contributed by atoms with van der Waals surface area (Å²) in [6, 6.07) is 0. The van der Waals surface area contributed by atoms with Crippen LogP contribution in [0, 0.1) is 0 Å². The fraction of sp³-hybridized carbons (Fsp3) is 1.00. The van der Waals surface area contributed by atoms with Gasteiger partial charge in [-0.3, -0.25) is 0 Å². The standard InChI is InChI=1S/C12H27O5PS/c1-5-6-7-12(2)17-18(19,15-10-8-13-3)16-11-9-14-4/h12H,5-11H2,1-4H3. The molecule has 7 heteroatoms. The minimum absolute atomic E-state index is 0.0378. The van der Waals surface area contributed by atoms with Crippen molar-refractivity contribution in [1.82, 2.24) is 0 Å². The Labute approximate surface area is 122 Å². The fourth-order valence-corrected chi connectivity index (χ4v) is 3.55. The molecule has 0 aromatic heterocycles. The van der Waals surface area contributed by atoms with Gasteiger partial charge in [0.05, 0.1) is 32.5 Å². The van der Waals surface area contributed by atoms with Crippen molar-refractivity contribution in [3.63, 3.8) is 0 Å². The predicted molar refractivity (Wildman–Crippen MR) is 80.0 cm³/mol. The third-order valence-corrected chi connectivity index (χ3v) is 4.85. The molecule has 1 unspecified atom stereocenters. The summed E-state index contributed by atoms with van der Waals surface area (Å²) in [4.78, 5) is 0. The fourth-order valence-electron chi connectivity index (χ4n) is 1.33. The van der Waals surface area contributed by atoms with E-state index in [0.717, 1.165) is 19.3 Å². The van der Waals surface area contributed by atoms with Crippen LogP contribution in [0.5, 0.6) is 0 Å². The van der Waals surface area contributed by atoms with Gasteiger partial charge in [0.15, 0.2) is 0 Å². The normalized spacial score (nSPS) is 13.7. The van der Waals surface area contributed by atoms with Crippen LogP contribution in [0.2, 0.25) is 0 Å². The summed E-state index contributed by atoms with van der Waals surface area (Å²) in [5.74, 6) is 0. The van der Waals surface area contributed by atoms with E-state index in [1.807, 2.05) is 6.92 Å². The lowest BCUT2D eigenvalue weighted by molar-refractivity contribution is 0.0749. The third kappa shape index (κ3) is 10.9. The molecule has 0 saturated carbocycles. The van der Waals surface area contributed by atoms with Crippen LogP contribution in [0.3, 0.4) is 0 Å². The number of unbranched alkanes of at least 4 members (excludes halogenated alkanes) is 1. The first-order chi connectivity index (χ1) is 9.08. The van der Waals surface area contributed by atoms with E-state index in [4.69, 9.17) is 34.9 Å². The van der Waals surface area contributed by atoms with Crippen molar-refractivity contribution in [3.05, 3.63) is 0 Å². The Morgan fingerprint density at radius 3 is 1.95 bits per heavy atom. The van der Waals surface area contributed by atoms with E-state index in [1.165, 1.54) is 0 Å². The predicted octanol–water partition coefficient (Wildman–Crippen LogP) is 3.13. The van der Waals surface area contributed by atoms with E-state index < -0.39 is 6.72 Å². The maximum atomic E-state index is 5.80. The molecule has 0 aliphatic heterocycles. The summed E-state index contributed by atoms with van der Waals surface area (Å²) in [5, 5.41) is 0. The van der Waals surface area contributed by atoms with Gasteiger partial charge >= 0.3 is 6.72 Å². The average molecular weight is 314 g/mol. The van der Waals surface area contributed by atoms with Gasteiger partial charge in [0.2, 0.25) is 0 Å². The van der Waals surface area contributed by atoms with Crippen molar-refractivity contribution in [2.24, 2.45) is 0 Å². The quantitative estimate of drug-likeness (QED) is 0.384. The van der Waals surface area contributed by atoms with Crippen molar-refractivity contribution >= 4 is 18.5 Å². The molecule has 0 aromatic carbocycles. The molecule has 19 heavy (non-hydrogen) atoms. The Bertz CT molecular complexity index is 238. The second kappa shape index (κ2) is 12.2. The highest BCUT2D eigenvalue weighted by molar-refractivity contribution is 8.07. The molecule has 0 radical (unpaired) electrons. The largest absolute Gasteiger partial charge is 0.382 e. The summed E-state index contributed by atoms with van der Waals surface area (Å²) in [5.41, 5.74) is 0. The minimum Gasteiger partial charge on any atom is -0.382 e. The topological polar surface area (TPSA) is 46.2 Å². The van der Waals surface area contributed by atoms with Crippen LogP contribution in [0.4, 0.5) is 0 Å². The van der Waals surface area contributed by atoms with E-state index in [-0.39, 0.29) is 6.10 Å². The summed E-state index contributed by atoms with van der Waals surface area (Å²) in [6.07, 6.45) is 3.23. The van der Waals surface area contributed by atoms with Crippen LogP contribution in [-0.2, 0) is 34.9 Å². The second-order valence-electron chi connectivity index (χ2n) is 4.16. The third-order valence-electron chi connectivity index (χ3n) is 2.35. The molecule has 5 nitrogen and oxygen atoms in total. The van der Waals surface area contributed by atoms with Gasteiger partial charge < -0.3 is 23.0 Å². The van der Waals surface area contributed by atoms with Crippen LogP contribution in [0.25, 0.3) is 0 Å². The lowest BCUT2D eigenvalue weighted by Crippen LogP contribution is -2.13. The molecule has 0 aliphatic carbocycles. The van der Waals surface area contributed by atoms with Crippen molar-refractivity contribution in [2.45, 2.75) is 39.2 Å². The molecule has 0 aromatic rings. The van der Waals surface area contributed by atoms with Crippen LogP contribution in [-0.4, -0.2) is 46.8 Å². The van der Waals surface area contributed by atoms with Crippen LogP contribution in [0.15, 0.2) is 0 Å². The van der Waals surface area contributed by atoms with E-state index in [2.05, 4.69) is 6.92 Å². The van der Waals surface area contributed by atoms with Gasteiger partial charge in [0.1, 0.15) is 0 Å².